The number of hydrogen-bond acceptors (Lipinski definition) is 5. The Kier molecular flexibility index (Phi) is 2.77. The molecule has 0 radical (unpaired) electrons. The van der Waals surface area contributed by atoms with Crippen molar-refractivity contribution in [3.05, 3.63) is 29.4 Å². The molecule has 0 saturated heterocycles. The fourth-order valence-electron chi connectivity index (χ4n) is 1.10. The highest BCUT2D eigenvalue weighted by molar-refractivity contribution is 7.13. The Morgan fingerprint density at radius 3 is 3.13 bits per heavy atom. The number of nitrogens with zero attached hydrogens (tertiary/aromatic N) is 2. The highest BCUT2D eigenvalue weighted by atomic mass is 32.1. The maximum Gasteiger partial charge on any atom is 0.232 e. The number of nitrogens with one attached hydrogen (secondary N) is 1. The molecule has 2 heterocycles. The molecule has 0 aliphatic heterocycles. The van der Waals surface area contributed by atoms with Crippen LogP contribution in [0.4, 0.5) is 5.13 Å². The van der Waals surface area contributed by atoms with Gasteiger partial charge in [-0.25, -0.2) is 9.97 Å². The summed E-state index contributed by atoms with van der Waals surface area (Å²) in [6, 6.07) is 0. The van der Waals surface area contributed by atoms with E-state index in [0.29, 0.717) is 16.7 Å². The second-order valence-electron chi connectivity index (χ2n) is 2.92. The van der Waals surface area contributed by atoms with Gasteiger partial charge in [0.2, 0.25) is 5.91 Å². The second-order valence-corrected chi connectivity index (χ2v) is 3.81. The predicted molar refractivity (Wildman–Crippen MR) is 55.7 cm³/mol. The summed E-state index contributed by atoms with van der Waals surface area (Å²) in [5, 5.41) is 5.07. The molecule has 2 aromatic heterocycles. The smallest absolute Gasteiger partial charge is 0.232 e. The first kappa shape index (κ1) is 9.85. The zero-order chi connectivity index (χ0) is 10.7. The summed E-state index contributed by atoms with van der Waals surface area (Å²) in [4.78, 5) is 19.4. The molecule has 0 fully saturated rings. The minimum Gasteiger partial charge on any atom is -0.449 e. The van der Waals surface area contributed by atoms with Crippen LogP contribution < -0.4 is 5.32 Å². The normalized spacial score (nSPS) is 10.2. The lowest BCUT2D eigenvalue weighted by molar-refractivity contribution is -0.115. The Bertz CT molecular complexity index is 450. The molecular formula is C9H9N3O2S. The van der Waals surface area contributed by atoms with Gasteiger partial charge in [-0.05, 0) is 0 Å². The monoisotopic (exact) mass is 223 g/mol. The third-order valence-corrected chi connectivity index (χ3v) is 2.38. The van der Waals surface area contributed by atoms with E-state index >= 15 is 0 Å². The molecule has 1 amide bonds. The van der Waals surface area contributed by atoms with Gasteiger partial charge in [0.1, 0.15) is 6.26 Å². The maximum atomic E-state index is 11.5. The van der Waals surface area contributed by atoms with Gasteiger partial charge in [0.15, 0.2) is 11.0 Å². The summed E-state index contributed by atoms with van der Waals surface area (Å²) < 4.78 is 5.00. The predicted octanol–water partition coefficient (Wildman–Crippen LogP) is 1.62. The molecule has 2 aromatic rings. The van der Waals surface area contributed by atoms with Gasteiger partial charge in [0, 0.05) is 18.5 Å². The van der Waals surface area contributed by atoms with Gasteiger partial charge in [0.25, 0.3) is 0 Å². The topological polar surface area (TPSA) is 68.0 Å². The fraction of sp³-hybridized carbons (Fsp3) is 0.222. The molecule has 1 N–H and O–H groups in total. The van der Waals surface area contributed by atoms with E-state index in [1.807, 2.05) is 0 Å². The zero-order valence-electron chi connectivity index (χ0n) is 8.06. The number of thiazole rings is 1. The summed E-state index contributed by atoms with van der Waals surface area (Å²) in [5.74, 6) is 0.422. The number of hydrogen-bond donors (Lipinski definition) is 1. The van der Waals surface area contributed by atoms with Crippen LogP contribution in [0.25, 0.3) is 0 Å². The van der Waals surface area contributed by atoms with Gasteiger partial charge in [-0.1, -0.05) is 0 Å². The highest BCUT2D eigenvalue weighted by Crippen LogP contribution is 2.11. The number of carbonyl (C=O) groups is 1. The minimum absolute atomic E-state index is 0.141. The van der Waals surface area contributed by atoms with Gasteiger partial charge < -0.3 is 9.73 Å². The molecule has 2 rings (SSSR count). The van der Waals surface area contributed by atoms with Crippen molar-refractivity contribution in [2.75, 3.05) is 5.32 Å². The van der Waals surface area contributed by atoms with Gasteiger partial charge in [-0.15, -0.1) is 11.3 Å². The molecule has 0 unspecified atom stereocenters. The van der Waals surface area contributed by atoms with Crippen LogP contribution in [-0.2, 0) is 11.2 Å². The summed E-state index contributed by atoms with van der Waals surface area (Å²) in [5.41, 5.74) is 0.626. The van der Waals surface area contributed by atoms with Crippen LogP contribution in [0.5, 0.6) is 0 Å². The van der Waals surface area contributed by atoms with Crippen LogP contribution in [0.15, 0.2) is 22.3 Å². The number of carbonyl (C=O) groups excluding carboxylic acids is 1. The number of aromatic nitrogens is 2. The first-order valence-corrected chi connectivity index (χ1v) is 5.22. The molecule has 0 aliphatic rings. The second kappa shape index (κ2) is 4.22. The molecule has 5 nitrogen and oxygen atoms in total. The van der Waals surface area contributed by atoms with Crippen molar-refractivity contribution in [3.8, 4) is 0 Å². The standard InChI is InChI=1S/C9H9N3O2S/c1-6-11-7(5-14-6)4-8(13)12-9-10-2-3-15-9/h2-3,5H,4H2,1H3,(H,10,12,13). The zero-order valence-corrected chi connectivity index (χ0v) is 8.87. The Morgan fingerprint density at radius 1 is 1.67 bits per heavy atom. The van der Waals surface area contributed by atoms with Crippen molar-refractivity contribution in [2.24, 2.45) is 0 Å². The Hall–Kier alpha value is -1.69. The van der Waals surface area contributed by atoms with E-state index in [1.54, 1.807) is 18.5 Å². The van der Waals surface area contributed by atoms with E-state index in [0.717, 1.165) is 0 Å². The molecule has 15 heavy (non-hydrogen) atoms. The molecular weight excluding hydrogens is 214 g/mol. The maximum absolute atomic E-state index is 11.5. The molecule has 0 aliphatic carbocycles. The van der Waals surface area contributed by atoms with Crippen LogP contribution in [0, 0.1) is 6.92 Å². The van der Waals surface area contributed by atoms with E-state index in [4.69, 9.17) is 4.42 Å². The number of anilines is 1. The number of rotatable bonds is 3. The molecule has 0 spiro atoms. The molecule has 0 atom stereocenters. The summed E-state index contributed by atoms with van der Waals surface area (Å²) >= 11 is 1.38. The van der Waals surface area contributed by atoms with Gasteiger partial charge in [-0.2, -0.15) is 0 Å². The lowest BCUT2D eigenvalue weighted by Gasteiger charge is -1.97. The van der Waals surface area contributed by atoms with E-state index in [9.17, 15) is 4.79 Å². The average Bonchev–Trinajstić information content (AvgIpc) is 2.77. The number of aryl methyl sites for hydroxylation is 1. The van der Waals surface area contributed by atoms with Crippen LogP contribution in [0.3, 0.4) is 0 Å². The highest BCUT2D eigenvalue weighted by Gasteiger charge is 2.08. The minimum atomic E-state index is -0.141. The van der Waals surface area contributed by atoms with Crippen molar-refractivity contribution >= 4 is 22.4 Å². The van der Waals surface area contributed by atoms with Crippen molar-refractivity contribution in [2.45, 2.75) is 13.3 Å². The average molecular weight is 223 g/mol. The molecule has 0 bridgehead atoms. The van der Waals surface area contributed by atoms with E-state index in [1.165, 1.54) is 17.6 Å². The van der Waals surface area contributed by atoms with Crippen molar-refractivity contribution in [1.82, 2.24) is 9.97 Å². The molecule has 0 saturated carbocycles. The summed E-state index contributed by atoms with van der Waals surface area (Å²) in [6.07, 6.45) is 3.33. The van der Waals surface area contributed by atoms with Crippen molar-refractivity contribution in [3.63, 3.8) is 0 Å². The SMILES string of the molecule is Cc1nc(CC(=O)Nc2nccs2)co1. The fourth-order valence-corrected chi connectivity index (χ4v) is 1.65. The van der Waals surface area contributed by atoms with Crippen LogP contribution in [0.1, 0.15) is 11.6 Å². The molecule has 0 aromatic carbocycles. The van der Waals surface area contributed by atoms with Crippen LogP contribution >= 0.6 is 11.3 Å². The van der Waals surface area contributed by atoms with Crippen LogP contribution in [-0.4, -0.2) is 15.9 Å². The Labute approximate surface area is 90.2 Å². The third-order valence-electron chi connectivity index (χ3n) is 1.69. The Balaban J connectivity index is 1.93. The third kappa shape index (κ3) is 2.63. The van der Waals surface area contributed by atoms with Gasteiger partial charge in [0.05, 0.1) is 12.1 Å². The van der Waals surface area contributed by atoms with Crippen molar-refractivity contribution in [1.29, 1.82) is 0 Å². The van der Waals surface area contributed by atoms with Crippen molar-refractivity contribution < 1.29 is 9.21 Å². The van der Waals surface area contributed by atoms with E-state index in [2.05, 4.69) is 15.3 Å². The van der Waals surface area contributed by atoms with Gasteiger partial charge >= 0.3 is 0 Å². The number of oxazole rings is 1. The Morgan fingerprint density at radius 2 is 2.53 bits per heavy atom. The molecule has 6 heteroatoms. The lowest BCUT2D eigenvalue weighted by atomic mass is 10.3. The largest absolute Gasteiger partial charge is 0.449 e. The number of amides is 1. The van der Waals surface area contributed by atoms with Crippen LogP contribution in [0.2, 0.25) is 0 Å². The first-order chi connectivity index (χ1) is 7.24. The lowest BCUT2D eigenvalue weighted by Crippen LogP contribution is -2.14. The van der Waals surface area contributed by atoms with E-state index in [-0.39, 0.29) is 12.3 Å². The quantitative estimate of drug-likeness (QED) is 0.858. The van der Waals surface area contributed by atoms with E-state index < -0.39 is 0 Å². The summed E-state index contributed by atoms with van der Waals surface area (Å²) in [6.45, 7) is 1.74. The molecule has 78 valence electrons. The van der Waals surface area contributed by atoms with Gasteiger partial charge in [-0.3, -0.25) is 4.79 Å². The first-order valence-electron chi connectivity index (χ1n) is 4.34. The summed E-state index contributed by atoms with van der Waals surface area (Å²) in [7, 11) is 0.